The monoisotopic (exact) mass is 368 g/mol. The zero-order valence-electron chi connectivity index (χ0n) is 15.3. The summed E-state index contributed by atoms with van der Waals surface area (Å²) in [5, 5.41) is 12.2. The lowest BCUT2D eigenvalue weighted by atomic mass is 9.95. The minimum absolute atomic E-state index is 0.139. The summed E-state index contributed by atoms with van der Waals surface area (Å²) in [7, 11) is 0. The number of esters is 1. The van der Waals surface area contributed by atoms with Crippen LogP contribution in [0.25, 0.3) is 0 Å². The second-order valence-electron chi connectivity index (χ2n) is 6.93. The smallest absolute Gasteiger partial charge is 0.328 e. The standard InChI is InChI=1S/C21H24N2O4/c1-2-27-19(25)18(11-14-7-9-17(24)10-8-14)23-20(26)21(22)12-15-5-3-4-6-16(15)13-21/h3-10,18,24H,2,11-13,22H2,1H3,(H,23,26)/t18-/m0/s1. The number of phenolic OH excluding ortho intramolecular Hbond substituents is 1. The van der Waals surface area contributed by atoms with Gasteiger partial charge in [-0.15, -0.1) is 0 Å². The molecule has 0 unspecified atom stereocenters. The number of aromatic hydroxyl groups is 1. The van der Waals surface area contributed by atoms with Crippen LogP contribution in [0, 0.1) is 0 Å². The Kier molecular flexibility index (Phi) is 5.46. The highest BCUT2D eigenvalue weighted by molar-refractivity contribution is 5.91. The first-order chi connectivity index (χ1) is 12.9. The van der Waals surface area contributed by atoms with E-state index in [0.717, 1.165) is 16.7 Å². The Morgan fingerprint density at radius 3 is 2.30 bits per heavy atom. The lowest BCUT2D eigenvalue weighted by Gasteiger charge is -2.26. The predicted molar refractivity (Wildman–Crippen MR) is 101 cm³/mol. The van der Waals surface area contributed by atoms with Crippen LogP contribution in [0.2, 0.25) is 0 Å². The molecule has 0 saturated carbocycles. The quantitative estimate of drug-likeness (QED) is 0.671. The van der Waals surface area contributed by atoms with E-state index in [1.807, 2.05) is 24.3 Å². The molecule has 0 radical (unpaired) electrons. The molecule has 4 N–H and O–H groups in total. The predicted octanol–water partition coefficient (Wildman–Crippen LogP) is 1.48. The lowest BCUT2D eigenvalue weighted by molar-refractivity contribution is -0.148. The van der Waals surface area contributed by atoms with Crippen LogP contribution in [0.1, 0.15) is 23.6 Å². The van der Waals surface area contributed by atoms with Crippen LogP contribution >= 0.6 is 0 Å². The Balaban J connectivity index is 1.74. The molecule has 27 heavy (non-hydrogen) atoms. The van der Waals surface area contributed by atoms with E-state index in [-0.39, 0.29) is 24.7 Å². The third kappa shape index (κ3) is 4.28. The van der Waals surface area contributed by atoms with Crippen LogP contribution in [-0.4, -0.2) is 35.2 Å². The van der Waals surface area contributed by atoms with Gasteiger partial charge in [0.05, 0.1) is 6.61 Å². The lowest BCUT2D eigenvalue weighted by Crippen LogP contribution is -2.58. The topological polar surface area (TPSA) is 102 Å². The normalized spacial score (nSPS) is 15.6. The molecular formula is C21H24N2O4. The molecule has 1 aliphatic carbocycles. The van der Waals surface area contributed by atoms with Crippen molar-refractivity contribution in [3.8, 4) is 5.75 Å². The number of nitrogens with one attached hydrogen (secondary N) is 1. The molecule has 2 aromatic carbocycles. The van der Waals surface area contributed by atoms with Gasteiger partial charge in [0.1, 0.15) is 17.3 Å². The minimum Gasteiger partial charge on any atom is -0.508 e. The maximum absolute atomic E-state index is 12.9. The molecule has 0 saturated heterocycles. The number of fused-ring (bicyclic) bond motifs is 1. The summed E-state index contributed by atoms with van der Waals surface area (Å²) in [5.74, 6) is -0.728. The molecule has 1 atom stereocenters. The SMILES string of the molecule is CCOC(=O)[C@H](Cc1ccc(O)cc1)NC(=O)C1(N)Cc2ccccc2C1. The largest absolute Gasteiger partial charge is 0.508 e. The highest BCUT2D eigenvalue weighted by Gasteiger charge is 2.41. The summed E-state index contributed by atoms with van der Waals surface area (Å²) in [4.78, 5) is 25.3. The van der Waals surface area contributed by atoms with E-state index < -0.39 is 17.6 Å². The molecule has 142 valence electrons. The second kappa shape index (κ2) is 7.80. The number of hydrogen-bond acceptors (Lipinski definition) is 5. The van der Waals surface area contributed by atoms with Gasteiger partial charge in [-0.1, -0.05) is 36.4 Å². The summed E-state index contributed by atoms with van der Waals surface area (Å²) in [6.07, 6.45) is 1.13. The third-order valence-corrected chi connectivity index (χ3v) is 4.84. The van der Waals surface area contributed by atoms with E-state index in [2.05, 4.69) is 5.32 Å². The number of rotatable bonds is 6. The van der Waals surface area contributed by atoms with Gasteiger partial charge in [-0.25, -0.2) is 4.79 Å². The fourth-order valence-electron chi connectivity index (χ4n) is 3.41. The van der Waals surface area contributed by atoms with Crippen LogP contribution in [-0.2, 0) is 33.6 Å². The Bertz CT molecular complexity index is 807. The maximum atomic E-state index is 12.9. The number of amides is 1. The van der Waals surface area contributed by atoms with Gasteiger partial charge in [0, 0.05) is 6.42 Å². The van der Waals surface area contributed by atoms with Gasteiger partial charge < -0.3 is 20.9 Å². The minimum atomic E-state index is -1.08. The van der Waals surface area contributed by atoms with Gasteiger partial charge >= 0.3 is 5.97 Å². The van der Waals surface area contributed by atoms with E-state index in [1.165, 1.54) is 12.1 Å². The number of phenols is 1. The van der Waals surface area contributed by atoms with Crippen molar-refractivity contribution in [3.05, 3.63) is 65.2 Å². The molecule has 1 amide bonds. The first kappa shape index (κ1) is 18.9. The Labute approximate surface area is 158 Å². The van der Waals surface area contributed by atoms with Gasteiger partial charge in [-0.2, -0.15) is 0 Å². The molecule has 0 spiro atoms. The molecule has 0 heterocycles. The van der Waals surface area contributed by atoms with Crippen molar-refractivity contribution in [2.75, 3.05) is 6.61 Å². The molecule has 6 heteroatoms. The third-order valence-electron chi connectivity index (χ3n) is 4.84. The van der Waals surface area contributed by atoms with Gasteiger partial charge in [0.2, 0.25) is 5.91 Å². The van der Waals surface area contributed by atoms with Gasteiger partial charge in [0.25, 0.3) is 0 Å². The fraction of sp³-hybridized carbons (Fsp3) is 0.333. The molecule has 0 aromatic heterocycles. The average Bonchev–Trinajstić information content (AvgIpc) is 3.00. The molecule has 3 rings (SSSR count). The van der Waals surface area contributed by atoms with E-state index in [4.69, 9.17) is 10.5 Å². The van der Waals surface area contributed by atoms with Crippen molar-refractivity contribution in [2.24, 2.45) is 5.73 Å². The van der Waals surface area contributed by atoms with E-state index in [1.54, 1.807) is 19.1 Å². The molecule has 0 bridgehead atoms. The van der Waals surface area contributed by atoms with Crippen molar-refractivity contribution < 1.29 is 19.4 Å². The van der Waals surface area contributed by atoms with E-state index >= 15 is 0 Å². The van der Waals surface area contributed by atoms with Crippen molar-refractivity contribution in [2.45, 2.75) is 37.8 Å². The van der Waals surface area contributed by atoms with Gasteiger partial charge in [-0.3, -0.25) is 4.79 Å². The van der Waals surface area contributed by atoms with E-state index in [0.29, 0.717) is 12.8 Å². The summed E-state index contributed by atoms with van der Waals surface area (Å²) in [6.45, 7) is 1.94. The van der Waals surface area contributed by atoms with Gasteiger partial charge in [-0.05, 0) is 48.6 Å². The van der Waals surface area contributed by atoms with Crippen molar-refractivity contribution in [1.82, 2.24) is 5.32 Å². The maximum Gasteiger partial charge on any atom is 0.328 e. The molecule has 0 aliphatic heterocycles. The Morgan fingerprint density at radius 1 is 1.15 bits per heavy atom. The number of carbonyl (C=O) groups excluding carboxylic acids is 2. The highest BCUT2D eigenvalue weighted by atomic mass is 16.5. The number of benzene rings is 2. The van der Waals surface area contributed by atoms with Crippen LogP contribution in [0.4, 0.5) is 0 Å². The zero-order chi connectivity index (χ0) is 19.4. The molecular weight excluding hydrogens is 344 g/mol. The summed E-state index contributed by atoms with van der Waals surface area (Å²) < 4.78 is 5.11. The van der Waals surface area contributed by atoms with Crippen LogP contribution in [0.3, 0.4) is 0 Å². The van der Waals surface area contributed by atoms with Crippen molar-refractivity contribution in [1.29, 1.82) is 0 Å². The summed E-state index contributed by atoms with van der Waals surface area (Å²) in [5.41, 5.74) is 8.22. The van der Waals surface area contributed by atoms with E-state index in [9.17, 15) is 14.7 Å². The van der Waals surface area contributed by atoms with Crippen LogP contribution in [0.5, 0.6) is 5.75 Å². The summed E-state index contributed by atoms with van der Waals surface area (Å²) >= 11 is 0. The van der Waals surface area contributed by atoms with Crippen molar-refractivity contribution >= 4 is 11.9 Å². The zero-order valence-corrected chi connectivity index (χ0v) is 15.3. The Morgan fingerprint density at radius 2 is 1.74 bits per heavy atom. The van der Waals surface area contributed by atoms with Crippen LogP contribution in [0.15, 0.2) is 48.5 Å². The fourth-order valence-corrected chi connectivity index (χ4v) is 3.41. The first-order valence-corrected chi connectivity index (χ1v) is 9.02. The molecule has 6 nitrogen and oxygen atoms in total. The summed E-state index contributed by atoms with van der Waals surface area (Å²) in [6, 6.07) is 13.4. The average molecular weight is 368 g/mol. The highest BCUT2D eigenvalue weighted by Crippen LogP contribution is 2.28. The molecule has 1 aliphatic rings. The number of nitrogens with two attached hydrogens (primary N) is 1. The molecule has 0 fully saturated rings. The number of carbonyl (C=O) groups is 2. The number of hydrogen-bond donors (Lipinski definition) is 3. The van der Waals surface area contributed by atoms with Crippen molar-refractivity contribution in [3.63, 3.8) is 0 Å². The second-order valence-corrected chi connectivity index (χ2v) is 6.93. The molecule has 2 aromatic rings. The number of ether oxygens (including phenoxy) is 1. The Hall–Kier alpha value is -2.86. The first-order valence-electron chi connectivity index (χ1n) is 9.02. The van der Waals surface area contributed by atoms with Gasteiger partial charge in [0.15, 0.2) is 0 Å². The van der Waals surface area contributed by atoms with Crippen LogP contribution < -0.4 is 11.1 Å².